The lowest BCUT2D eigenvalue weighted by Crippen LogP contribution is -1.83. The number of unbranched alkanes of at least 4 members (excludes halogenated alkanes) is 1. The van der Waals surface area contributed by atoms with E-state index in [4.69, 9.17) is 0 Å². The van der Waals surface area contributed by atoms with Crippen molar-refractivity contribution in [2.24, 2.45) is 10.9 Å². The first-order chi connectivity index (χ1) is 6.18. The summed E-state index contributed by atoms with van der Waals surface area (Å²) < 4.78 is 0. The molecule has 0 aliphatic rings. The molecule has 1 nitrogen and oxygen atoms in total. The number of rotatable bonds is 4. The SMILES string of the molecule is CC=N/C=C\C.CCCCC(C)C. The van der Waals surface area contributed by atoms with Crippen LogP contribution in [0.2, 0.25) is 0 Å². The van der Waals surface area contributed by atoms with E-state index in [0.717, 1.165) is 5.92 Å². The van der Waals surface area contributed by atoms with E-state index in [9.17, 15) is 0 Å². The van der Waals surface area contributed by atoms with Crippen LogP contribution in [-0.4, -0.2) is 6.21 Å². The highest BCUT2D eigenvalue weighted by atomic mass is 14.6. The second-order valence-electron chi connectivity index (χ2n) is 3.43. The molecule has 0 aliphatic carbocycles. The fourth-order valence-corrected chi connectivity index (χ4v) is 0.785. The summed E-state index contributed by atoms with van der Waals surface area (Å²) >= 11 is 0. The zero-order valence-electron chi connectivity index (χ0n) is 9.88. The largest absolute Gasteiger partial charge is 0.270 e. The second kappa shape index (κ2) is 14.0. The highest BCUT2D eigenvalue weighted by Crippen LogP contribution is 2.04. The van der Waals surface area contributed by atoms with E-state index in [1.807, 2.05) is 19.9 Å². The smallest absolute Gasteiger partial charge is 0.0221 e. The third-order valence-corrected chi connectivity index (χ3v) is 1.52. The molecule has 0 aromatic rings. The van der Waals surface area contributed by atoms with Gasteiger partial charge in [0.1, 0.15) is 0 Å². The molecule has 0 radical (unpaired) electrons. The molecule has 0 amide bonds. The van der Waals surface area contributed by atoms with E-state index in [1.54, 1.807) is 12.4 Å². The van der Waals surface area contributed by atoms with Gasteiger partial charge in [-0.05, 0) is 19.8 Å². The zero-order chi connectivity index (χ0) is 10.5. The van der Waals surface area contributed by atoms with Crippen LogP contribution in [0.3, 0.4) is 0 Å². The summed E-state index contributed by atoms with van der Waals surface area (Å²) in [6, 6.07) is 0. The van der Waals surface area contributed by atoms with Crippen LogP contribution in [0.25, 0.3) is 0 Å². The average Bonchev–Trinajstić information content (AvgIpc) is 2.12. The molecule has 0 heterocycles. The van der Waals surface area contributed by atoms with Crippen molar-refractivity contribution in [3.05, 3.63) is 12.3 Å². The summed E-state index contributed by atoms with van der Waals surface area (Å²) in [6.07, 6.45) is 9.53. The van der Waals surface area contributed by atoms with Crippen molar-refractivity contribution in [1.82, 2.24) is 0 Å². The van der Waals surface area contributed by atoms with Crippen LogP contribution in [0.1, 0.15) is 53.9 Å². The minimum absolute atomic E-state index is 0.903. The van der Waals surface area contributed by atoms with Gasteiger partial charge in [-0.25, -0.2) is 0 Å². The highest BCUT2D eigenvalue weighted by Gasteiger charge is 1.88. The average molecular weight is 183 g/mol. The van der Waals surface area contributed by atoms with E-state index in [1.165, 1.54) is 19.3 Å². The van der Waals surface area contributed by atoms with Gasteiger partial charge in [-0.15, -0.1) is 0 Å². The number of nitrogens with zero attached hydrogens (tertiary/aromatic N) is 1. The third kappa shape index (κ3) is 24.6. The Bertz CT molecular complexity index is 113. The van der Waals surface area contributed by atoms with Crippen LogP contribution in [0.5, 0.6) is 0 Å². The molecule has 0 saturated carbocycles. The standard InChI is InChI=1S/C7H16.C5H9N/c1-4-5-6-7(2)3;1-3-5-6-4-2/h7H,4-6H2,1-3H3;3-5H,1-2H3/b;5-3-,6-4?. The molecule has 78 valence electrons. The Morgan fingerprint density at radius 1 is 1.23 bits per heavy atom. The quantitative estimate of drug-likeness (QED) is 0.571. The molecule has 0 fully saturated rings. The van der Waals surface area contributed by atoms with Crippen molar-refractivity contribution in [2.75, 3.05) is 0 Å². The maximum absolute atomic E-state index is 3.78. The predicted octanol–water partition coefficient (Wildman–Crippen LogP) is 4.44. The van der Waals surface area contributed by atoms with Gasteiger partial charge in [0.2, 0.25) is 0 Å². The summed E-state index contributed by atoms with van der Waals surface area (Å²) in [4.78, 5) is 3.78. The Balaban J connectivity index is 0. The molecular weight excluding hydrogens is 158 g/mol. The van der Waals surface area contributed by atoms with E-state index >= 15 is 0 Å². The van der Waals surface area contributed by atoms with Gasteiger partial charge in [0.05, 0.1) is 0 Å². The van der Waals surface area contributed by atoms with Crippen LogP contribution in [0, 0.1) is 5.92 Å². The van der Waals surface area contributed by atoms with Gasteiger partial charge in [0.25, 0.3) is 0 Å². The summed E-state index contributed by atoms with van der Waals surface area (Å²) in [5.74, 6) is 0.903. The molecule has 0 aromatic carbocycles. The lowest BCUT2D eigenvalue weighted by Gasteiger charge is -1.98. The third-order valence-electron chi connectivity index (χ3n) is 1.52. The molecule has 0 aromatic heterocycles. The van der Waals surface area contributed by atoms with Crippen molar-refractivity contribution in [1.29, 1.82) is 0 Å². The van der Waals surface area contributed by atoms with E-state index in [0.29, 0.717) is 0 Å². The van der Waals surface area contributed by atoms with Crippen LogP contribution in [0.15, 0.2) is 17.3 Å². The first-order valence-corrected chi connectivity index (χ1v) is 5.27. The maximum Gasteiger partial charge on any atom is 0.0221 e. The van der Waals surface area contributed by atoms with E-state index < -0.39 is 0 Å². The fourth-order valence-electron chi connectivity index (χ4n) is 0.785. The van der Waals surface area contributed by atoms with Crippen LogP contribution in [0.4, 0.5) is 0 Å². The lowest BCUT2D eigenvalue weighted by atomic mass is 10.1. The Labute approximate surface area is 84.0 Å². The molecule has 0 saturated heterocycles. The summed E-state index contributed by atoms with van der Waals surface area (Å²) in [5.41, 5.74) is 0. The molecule has 0 rings (SSSR count). The van der Waals surface area contributed by atoms with Crippen molar-refractivity contribution < 1.29 is 0 Å². The summed E-state index contributed by atoms with van der Waals surface area (Å²) in [7, 11) is 0. The van der Waals surface area contributed by atoms with Gasteiger partial charge >= 0.3 is 0 Å². The molecular formula is C12H25N. The molecule has 0 aliphatic heterocycles. The zero-order valence-corrected chi connectivity index (χ0v) is 9.88. The first-order valence-electron chi connectivity index (χ1n) is 5.27. The Morgan fingerprint density at radius 2 is 1.85 bits per heavy atom. The second-order valence-corrected chi connectivity index (χ2v) is 3.43. The van der Waals surface area contributed by atoms with Gasteiger partial charge in [-0.2, -0.15) is 0 Å². The minimum Gasteiger partial charge on any atom is -0.270 e. The van der Waals surface area contributed by atoms with Crippen LogP contribution >= 0.6 is 0 Å². The molecule has 0 unspecified atom stereocenters. The van der Waals surface area contributed by atoms with E-state index in [2.05, 4.69) is 25.8 Å². The highest BCUT2D eigenvalue weighted by molar-refractivity contribution is 5.54. The van der Waals surface area contributed by atoms with Crippen molar-refractivity contribution in [3.63, 3.8) is 0 Å². The predicted molar refractivity (Wildman–Crippen MR) is 63.3 cm³/mol. The molecule has 0 atom stereocenters. The Morgan fingerprint density at radius 3 is 2.00 bits per heavy atom. The summed E-state index contributed by atoms with van der Waals surface area (Å²) in [6.45, 7) is 10.6. The number of hydrogen-bond acceptors (Lipinski definition) is 1. The van der Waals surface area contributed by atoms with Crippen molar-refractivity contribution in [3.8, 4) is 0 Å². The maximum atomic E-state index is 3.78. The topological polar surface area (TPSA) is 12.4 Å². The van der Waals surface area contributed by atoms with Gasteiger partial charge in [-0.1, -0.05) is 46.1 Å². The van der Waals surface area contributed by atoms with Crippen LogP contribution < -0.4 is 0 Å². The minimum atomic E-state index is 0.903. The van der Waals surface area contributed by atoms with Crippen LogP contribution in [-0.2, 0) is 0 Å². The lowest BCUT2D eigenvalue weighted by molar-refractivity contribution is 0.550. The molecule has 0 spiro atoms. The van der Waals surface area contributed by atoms with Gasteiger partial charge in [0.15, 0.2) is 0 Å². The number of hydrogen-bond donors (Lipinski definition) is 0. The summed E-state index contributed by atoms with van der Waals surface area (Å²) in [5, 5.41) is 0. The Kier molecular flexibility index (Phi) is 16.0. The van der Waals surface area contributed by atoms with Crippen molar-refractivity contribution in [2.45, 2.75) is 53.9 Å². The Hall–Kier alpha value is -0.590. The van der Waals surface area contributed by atoms with Gasteiger partial charge in [0, 0.05) is 12.4 Å². The molecule has 1 heteroatoms. The number of allylic oxidation sites excluding steroid dienone is 1. The van der Waals surface area contributed by atoms with Gasteiger partial charge in [-0.3, -0.25) is 4.99 Å². The van der Waals surface area contributed by atoms with Gasteiger partial charge < -0.3 is 0 Å². The fraction of sp³-hybridized carbons (Fsp3) is 0.750. The van der Waals surface area contributed by atoms with E-state index in [-0.39, 0.29) is 0 Å². The first kappa shape index (κ1) is 14.9. The molecule has 13 heavy (non-hydrogen) atoms. The normalized spacial score (nSPS) is 10.9. The molecule has 0 bridgehead atoms. The molecule has 0 N–H and O–H groups in total. The monoisotopic (exact) mass is 183 g/mol. The van der Waals surface area contributed by atoms with Crippen molar-refractivity contribution >= 4 is 6.21 Å². The number of aliphatic imine (C=N–C) groups is 1.